The first-order valence-corrected chi connectivity index (χ1v) is 8.41. The number of ether oxygens (including phenoxy) is 1. The van der Waals surface area contributed by atoms with Crippen molar-refractivity contribution in [3.8, 4) is 0 Å². The first-order valence-electron chi connectivity index (χ1n) is 8.41. The largest absolute Gasteiger partial charge is 0.481 e. The van der Waals surface area contributed by atoms with Crippen molar-refractivity contribution in [2.24, 2.45) is 5.92 Å². The maximum absolute atomic E-state index is 12.2. The van der Waals surface area contributed by atoms with Crippen LogP contribution in [0.1, 0.15) is 31.2 Å². The molecule has 0 saturated carbocycles. The van der Waals surface area contributed by atoms with Gasteiger partial charge in [-0.15, -0.1) is 0 Å². The zero-order valence-corrected chi connectivity index (χ0v) is 14.0. The molecule has 0 aliphatic carbocycles. The maximum atomic E-state index is 12.2. The second-order valence-electron chi connectivity index (χ2n) is 6.12. The molecule has 1 heterocycles. The minimum Gasteiger partial charge on any atom is -0.481 e. The van der Waals surface area contributed by atoms with Crippen LogP contribution in [0.3, 0.4) is 0 Å². The molecule has 0 saturated heterocycles. The van der Waals surface area contributed by atoms with Crippen LogP contribution in [0.15, 0.2) is 42.5 Å². The van der Waals surface area contributed by atoms with E-state index >= 15 is 0 Å². The lowest BCUT2D eigenvalue weighted by Crippen LogP contribution is -2.41. The Morgan fingerprint density at radius 1 is 1.20 bits per heavy atom. The zero-order valence-electron chi connectivity index (χ0n) is 14.0. The molecule has 0 fully saturated rings. The lowest BCUT2D eigenvalue weighted by Gasteiger charge is -2.21. The predicted molar refractivity (Wildman–Crippen MR) is 91.8 cm³/mol. The molecule has 1 aliphatic rings. The van der Waals surface area contributed by atoms with E-state index in [4.69, 9.17) is 9.84 Å². The number of carboxylic acid groups (broad SMARTS) is 1. The molecule has 2 N–H and O–H groups in total. The smallest absolute Gasteiger partial charge is 0.309 e. The monoisotopic (exact) mass is 345 g/mol. The van der Waals surface area contributed by atoms with Crippen molar-refractivity contribution < 1.29 is 24.2 Å². The van der Waals surface area contributed by atoms with Crippen LogP contribution >= 0.6 is 0 Å². The van der Waals surface area contributed by atoms with Gasteiger partial charge in [-0.25, -0.2) is 0 Å². The Labute approximate surface area is 146 Å². The van der Waals surface area contributed by atoms with Gasteiger partial charge in [-0.2, -0.15) is 0 Å². The van der Waals surface area contributed by atoms with Gasteiger partial charge in [0.1, 0.15) is 6.61 Å². The van der Waals surface area contributed by atoms with E-state index in [0.29, 0.717) is 25.7 Å². The number of carbonyl (C=O) groups excluding carboxylic acids is 2. The molecule has 1 aliphatic heterocycles. The Hall–Kier alpha value is -2.63. The third kappa shape index (κ3) is 6.79. The number of aliphatic carboxylic acids is 1. The van der Waals surface area contributed by atoms with Crippen molar-refractivity contribution in [1.82, 2.24) is 5.32 Å². The highest BCUT2D eigenvalue weighted by Gasteiger charge is 2.24. The molecule has 25 heavy (non-hydrogen) atoms. The lowest BCUT2D eigenvalue weighted by molar-refractivity contribution is -0.153. The fourth-order valence-electron chi connectivity index (χ4n) is 2.72. The van der Waals surface area contributed by atoms with Gasteiger partial charge in [0.25, 0.3) is 0 Å². The Morgan fingerprint density at radius 2 is 1.96 bits per heavy atom. The number of amides is 1. The Bertz CT molecular complexity index is 626. The van der Waals surface area contributed by atoms with Crippen molar-refractivity contribution in [3.05, 3.63) is 48.0 Å². The number of carboxylic acids is 1. The highest BCUT2D eigenvalue weighted by Crippen LogP contribution is 2.14. The van der Waals surface area contributed by atoms with E-state index in [1.54, 1.807) is 12.2 Å². The quantitative estimate of drug-likeness (QED) is 0.644. The van der Waals surface area contributed by atoms with Gasteiger partial charge in [0, 0.05) is 6.42 Å². The average molecular weight is 345 g/mol. The maximum Gasteiger partial charge on any atom is 0.309 e. The molecule has 2 rings (SSSR count). The van der Waals surface area contributed by atoms with Crippen LogP contribution in [0.5, 0.6) is 0 Å². The Kier molecular flexibility index (Phi) is 7.19. The Morgan fingerprint density at radius 3 is 2.68 bits per heavy atom. The van der Waals surface area contributed by atoms with E-state index < -0.39 is 17.9 Å². The number of esters is 1. The van der Waals surface area contributed by atoms with E-state index in [1.165, 1.54) is 0 Å². The van der Waals surface area contributed by atoms with Gasteiger partial charge in [-0.3, -0.25) is 14.4 Å². The van der Waals surface area contributed by atoms with Gasteiger partial charge >= 0.3 is 11.9 Å². The van der Waals surface area contributed by atoms with Crippen LogP contribution < -0.4 is 5.32 Å². The van der Waals surface area contributed by atoms with Crippen LogP contribution in [0, 0.1) is 5.92 Å². The van der Waals surface area contributed by atoms with Crippen molar-refractivity contribution >= 4 is 17.8 Å². The summed E-state index contributed by atoms with van der Waals surface area (Å²) >= 11 is 0. The molecule has 0 unspecified atom stereocenters. The summed E-state index contributed by atoms with van der Waals surface area (Å²) in [5.74, 6) is -2.37. The van der Waals surface area contributed by atoms with Gasteiger partial charge in [-0.1, -0.05) is 42.5 Å². The third-order valence-electron chi connectivity index (χ3n) is 4.00. The molecule has 1 aromatic carbocycles. The SMILES string of the molecule is O=C(O)C[C@@H]1C/C=C/CCC(=O)N[C@H](Cc2ccccc2)COC1=O. The summed E-state index contributed by atoms with van der Waals surface area (Å²) < 4.78 is 5.31. The van der Waals surface area contributed by atoms with Crippen molar-refractivity contribution in [3.63, 3.8) is 0 Å². The van der Waals surface area contributed by atoms with Crippen LogP contribution in [0.25, 0.3) is 0 Å². The summed E-state index contributed by atoms with van der Waals surface area (Å²) in [6.45, 7) is 0.0271. The molecule has 6 nitrogen and oxygen atoms in total. The van der Waals surface area contributed by atoms with E-state index in [1.807, 2.05) is 30.3 Å². The van der Waals surface area contributed by atoms with Crippen LogP contribution in [-0.2, 0) is 25.5 Å². The summed E-state index contributed by atoms with van der Waals surface area (Å²) in [4.78, 5) is 35.2. The van der Waals surface area contributed by atoms with Gasteiger partial charge in [0.05, 0.1) is 18.4 Å². The van der Waals surface area contributed by atoms with E-state index in [0.717, 1.165) is 5.56 Å². The average Bonchev–Trinajstić information content (AvgIpc) is 2.57. The summed E-state index contributed by atoms with van der Waals surface area (Å²) in [5, 5.41) is 11.9. The van der Waals surface area contributed by atoms with Crippen molar-refractivity contribution in [1.29, 1.82) is 0 Å². The van der Waals surface area contributed by atoms with Crippen LogP contribution in [0.4, 0.5) is 0 Å². The first kappa shape index (κ1) is 18.7. The second-order valence-corrected chi connectivity index (χ2v) is 6.12. The molecule has 0 spiro atoms. The summed E-state index contributed by atoms with van der Waals surface area (Å²) in [6.07, 6.45) is 5.02. The van der Waals surface area contributed by atoms with E-state index in [-0.39, 0.29) is 25.0 Å². The van der Waals surface area contributed by atoms with Gasteiger partial charge in [-0.05, 0) is 24.8 Å². The highest BCUT2D eigenvalue weighted by atomic mass is 16.5. The number of cyclic esters (lactones) is 1. The highest BCUT2D eigenvalue weighted by molar-refractivity contribution is 5.79. The minimum atomic E-state index is -1.03. The summed E-state index contributed by atoms with van der Waals surface area (Å²) in [6, 6.07) is 9.28. The first-order chi connectivity index (χ1) is 12.0. The number of hydrogen-bond acceptors (Lipinski definition) is 4. The number of carbonyl (C=O) groups is 3. The lowest BCUT2D eigenvalue weighted by atomic mass is 10.0. The molecule has 2 atom stereocenters. The van der Waals surface area contributed by atoms with Crippen LogP contribution in [0.2, 0.25) is 0 Å². The number of hydrogen-bond donors (Lipinski definition) is 2. The van der Waals surface area contributed by atoms with E-state index in [2.05, 4.69) is 5.32 Å². The molecule has 0 aromatic heterocycles. The Balaban J connectivity index is 2.08. The molecular formula is C19H23NO5. The van der Waals surface area contributed by atoms with Gasteiger partial charge in [0.15, 0.2) is 0 Å². The third-order valence-corrected chi connectivity index (χ3v) is 4.00. The topological polar surface area (TPSA) is 92.7 Å². The molecule has 1 aromatic rings. The molecule has 1 amide bonds. The minimum absolute atomic E-state index is 0.0271. The number of rotatable bonds is 4. The standard InChI is InChI=1S/C19H23NO5/c21-17-10-6-2-5-9-15(12-18(22)23)19(24)25-13-16(20-17)11-14-7-3-1-4-8-14/h1-5,7-8,15-16H,6,9-13H2,(H,20,21)(H,22,23)/b5-2+/t15-,16+/m0/s1. The predicted octanol–water partition coefficient (Wildman–Crippen LogP) is 2.09. The fraction of sp³-hybridized carbons (Fsp3) is 0.421. The van der Waals surface area contributed by atoms with Crippen molar-refractivity contribution in [2.75, 3.05) is 6.61 Å². The number of nitrogens with one attached hydrogen (secondary N) is 1. The molecule has 134 valence electrons. The molecular weight excluding hydrogens is 322 g/mol. The van der Waals surface area contributed by atoms with Crippen LogP contribution in [-0.4, -0.2) is 35.6 Å². The fourth-order valence-corrected chi connectivity index (χ4v) is 2.72. The number of benzene rings is 1. The zero-order chi connectivity index (χ0) is 18.1. The molecule has 6 heteroatoms. The summed E-state index contributed by atoms with van der Waals surface area (Å²) in [5.41, 5.74) is 1.03. The molecule has 0 radical (unpaired) electrons. The van der Waals surface area contributed by atoms with Gasteiger partial charge < -0.3 is 15.2 Å². The van der Waals surface area contributed by atoms with Crippen molar-refractivity contribution in [2.45, 2.75) is 38.1 Å². The number of allylic oxidation sites excluding steroid dienone is 2. The second kappa shape index (κ2) is 9.61. The summed E-state index contributed by atoms with van der Waals surface area (Å²) in [7, 11) is 0. The van der Waals surface area contributed by atoms with Gasteiger partial charge in [0.2, 0.25) is 5.91 Å². The van der Waals surface area contributed by atoms with E-state index in [9.17, 15) is 14.4 Å². The normalized spacial score (nSPS) is 23.5. The molecule has 0 bridgehead atoms.